The van der Waals surface area contributed by atoms with Crippen LogP contribution in [0.1, 0.15) is 44.5 Å². The maximum absolute atomic E-state index is 9.89. The van der Waals surface area contributed by atoms with Crippen LogP contribution in [-0.4, -0.2) is 36.4 Å². The van der Waals surface area contributed by atoms with Crippen molar-refractivity contribution in [3.8, 4) is 17.3 Å². The van der Waals surface area contributed by atoms with Crippen LogP contribution in [-0.2, 0) is 9.84 Å². The first-order valence-electron chi connectivity index (χ1n) is 11.4. The Kier molecular flexibility index (Phi) is 6.27. The lowest BCUT2D eigenvalue weighted by atomic mass is 9.83. The smallest absolute Gasteiger partial charge is 0.229 e. The number of anilines is 3. The number of nitrogens with one attached hydrogen (secondary N) is 2. The molecule has 0 unspecified atom stereocenters. The highest BCUT2D eigenvalue weighted by atomic mass is 32.1. The molecule has 9 heteroatoms. The fourth-order valence-corrected chi connectivity index (χ4v) is 5.49. The molecule has 3 aromatic rings. The molecule has 0 saturated carbocycles. The van der Waals surface area contributed by atoms with Crippen molar-refractivity contribution < 1.29 is 4.43 Å². The third-order valence-corrected chi connectivity index (χ3v) is 12.3. The maximum atomic E-state index is 9.89. The first-order valence-corrected chi connectivity index (χ1v) is 15.2. The lowest BCUT2D eigenvalue weighted by Crippen LogP contribution is -2.45. The van der Waals surface area contributed by atoms with Crippen LogP contribution in [0.25, 0.3) is 11.3 Å². The van der Waals surface area contributed by atoms with Crippen molar-refractivity contribution >= 4 is 36.4 Å². The van der Waals surface area contributed by atoms with Gasteiger partial charge in [-0.05, 0) is 48.8 Å². The summed E-state index contributed by atoms with van der Waals surface area (Å²) in [5.74, 6) is 0.480. The Morgan fingerprint density at radius 2 is 2.06 bits per heavy atom. The standard InChI is InChI=1S/C25H32N6OSSi/c1-16-13-33-23(29-16)31-22-27-9-8-20(30-22)17-10-18(12-26)21-19(11-17)25(5,14-28-21)15-32-34(6,7)24(2,3)4/h8-11,13,28H,14-15H2,1-7H3,(H,27,29,30,31)/t25-/m1/s1. The topological polar surface area (TPSA) is 95.8 Å². The fraction of sp³-hybridized carbons (Fsp3) is 0.440. The van der Waals surface area contributed by atoms with E-state index in [1.807, 2.05) is 24.4 Å². The van der Waals surface area contributed by atoms with Gasteiger partial charge in [0, 0.05) is 35.7 Å². The highest BCUT2D eigenvalue weighted by molar-refractivity contribution is 7.13. The first-order chi connectivity index (χ1) is 15.9. The van der Waals surface area contributed by atoms with Gasteiger partial charge in [0.2, 0.25) is 5.95 Å². The molecule has 1 aliphatic rings. The van der Waals surface area contributed by atoms with Crippen molar-refractivity contribution in [3.05, 3.63) is 46.6 Å². The van der Waals surface area contributed by atoms with Crippen molar-refractivity contribution in [3.63, 3.8) is 0 Å². The number of hydrogen-bond donors (Lipinski definition) is 2. The quantitative estimate of drug-likeness (QED) is 0.394. The fourth-order valence-electron chi connectivity index (χ4n) is 3.70. The largest absolute Gasteiger partial charge is 0.416 e. The molecule has 0 saturated heterocycles. The molecule has 7 nitrogen and oxygen atoms in total. The molecule has 178 valence electrons. The molecule has 0 amide bonds. The number of rotatable bonds is 6. The Morgan fingerprint density at radius 3 is 2.71 bits per heavy atom. The normalized spacial score (nSPS) is 17.7. The van der Waals surface area contributed by atoms with Gasteiger partial charge >= 0.3 is 0 Å². The van der Waals surface area contributed by atoms with Gasteiger partial charge in [0.05, 0.1) is 22.6 Å². The van der Waals surface area contributed by atoms with Crippen LogP contribution in [0.15, 0.2) is 29.8 Å². The second-order valence-corrected chi connectivity index (χ2v) is 16.4. The summed E-state index contributed by atoms with van der Waals surface area (Å²) in [5.41, 5.74) is 4.98. The van der Waals surface area contributed by atoms with Gasteiger partial charge in [-0.3, -0.25) is 0 Å². The zero-order chi connectivity index (χ0) is 24.7. The molecule has 0 radical (unpaired) electrons. The molecule has 0 bridgehead atoms. The Balaban J connectivity index is 1.67. The van der Waals surface area contributed by atoms with Gasteiger partial charge in [-0.1, -0.05) is 27.7 Å². The van der Waals surface area contributed by atoms with Gasteiger partial charge in [-0.2, -0.15) is 5.26 Å². The number of nitrogens with zero attached hydrogens (tertiary/aromatic N) is 4. The van der Waals surface area contributed by atoms with E-state index in [-0.39, 0.29) is 10.5 Å². The van der Waals surface area contributed by atoms with Crippen LogP contribution in [0.5, 0.6) is 0 Å². The molecule has 0 spiro atoms. The summed E-state index contributed by atoms with van der Waals surface area (Å²) in [7, 11) is -1.91. The van der Waals surface area contributed by atoms with E-state index >= 15 is 0 Å². The van der Waals surface area contributed by atoms with Crippen LogP contribution in [0.2, 0.25) is 18.1 Å². The second-order valence-electron chi connectivity index (χ2n) is 10.7. The van der Waals surface area contributed by atoms with Crippen molar-refractivity contribution in [1.29, 1.82) is 5.26 Å². The summed E-state index contributed by atoms with van der Waals surface area (Å²) < 4.78 is 6.62. The van der Waals surface area contributed by atoms with E-state index in [0.717, 1.165) is 39.9 Å². The maximum Gasteiger partial charge on any atom is 0.229 e. The Labute approximate surface area is 206 Å². The number of thiazole rings is 1. The van der Waals surface area contributed by atoms with E-state index < -0.39 is 8.32 Å². The van der Waals surface area contributed by atoms with E-state index in [4.69, 9.17) is 9.41 Å². The van der Waals surface area contributed by atoms with Crippen LogP contribution in [0, 0.1) is 18.3 Å². The summed E-state index contributed by atoms with van der Waals surface area (Å²) in [6.45, 7) is 16.8. The summed E-state index contributed by atoms with van der Waals surface area (Å²) in [6.07, 6.45) is 1.72. The van der Waals surface area contributed by atoms with E-state index in [2.05, 4.69) is 73.5 Å². The SMILES string of the molecule is Cc1csc(Nc2nccc(-c3cc(C#N)c4c(c3)[C@@](C)(CO[Si](C)(C)C(C)(C)C)CN4)n2)n1. The van der Waals surface area contributed by atoms with E-state index in [0.29, 0.717) is 18.1 Å². The zero-order valence-corrected chi connectivity index (χ0v) is 22.7. The highest BCUT2D eigenvalue weighted by Crippen LogP contribution is 2.44. The number of aryl methyl sites for hydroxylation is 1. The molecule has 4 rings (SSSR count). The minimum Gasteiger partial charge on any atom is -0.416 e. The number of hydrogen-bond acceptors (Lipinski definition) is 8. The van der Waals surface area contributed by atoms with Crippen molar-refractivity contribution in [1.82, 2.24) is 15.0 Å². The Morgan fingerprint density at radius 1 is 1.29 bits per heavy atom. The van der Waals surface area contributed by atoms with E-state index in [9.17, 15) is 5.26 Å². The third kappa shape index (κ3) is 4.71. The van der Waals surface area contributed by atoms with Gasteiger partial charge in [0.15, 0.2) is 13.4 Å². The zero-order valence-electron chi connectivity index (χ0n) is 20.9. The molecule has 1 aromatic carbocycles. The molecular weight excluding hydrogens is 460 g/mol. The molecule has 2 N–H and O–H groups in total. The number of aromatic nitrogens is 3. The van der Waals surface area contributed by atoms with Crippen LogP contribution < -0.4 is 10.6 Å². The number of fused-ring (bicyclic) bond motifs is 1. The van der Waals surface area contributed by atoms with Crippen LogP contribution in [0.4, 0.5) is 16.8 Å². The van der Waals surface area contributed by atoms with Crippen LogP contribution >= 0.6 is 11.3 Å². The van der Waals surface area contributed by atoms with Gasteiger partial charge in [-0.25, -0.2) is 15.0 Å². The highest BCUT2D eigenvalue weighted by Gasteiger charge is 2.42. The summed E-state index contributed by atoms with van der Waals surface area (Å²) in [4.78, 5) is 13.5. The lowest BCUT2D eigenvalue weighted by molar-refractivity contribution is 0.220. The lowest BCUT2D eigenvalue weighted by Gasteiger charge is -2.39. The predicted molar refractivity (Wildman–Crippen MR) is 141 cm³/mol. The minimum atomic E-state index is -1.91. The Bertz CT molecular complexity index is 1260. The molecule has 34 heavy (non-hydrogen) atoms. The second kappa shape index (κ2) is 8.76. The molecule has 3 heterocycles. The molecule has 0 aliphatic carbocycles. The van der Waals surface area contributed by atoms with Crippen molar-refractivity contribution in [2.24, 2.45) is 0 Å². The number of benzene rings is 1. The van der Waals surface area contributed by atoms with Gasteiger partial charge in [0.1, 0.15) is 6.07 Å². The predicted octanol–water partition coefficient (Wildman–Crippen LogP) is 6.23. The third-order valence-electron chi connectivity index (χ3n) is 6.91. The summed E-state index contributed by atoms with van der Waals surface area (Å²) in [6, 6.07) is 8.27. The van der Waals surface area contributed by atoms with E-state index in [1.165, 1.54) is 11.3 Å². The molecule has 2 aromatic heterocycles. The first kappa shape index (κ1) is 24.3. The summed E-state index contributed by atoms with van der Waals surface area (Å²) in [5, 5.41) is 19.4. The monoisotopic (exact) mass is 492 g/mol. The summed E-state index contributed by atoms with van der Waals surface area (Å²) >= 11 is 1.51. The van der Waals surface area contributed by atoms with E-state index in [1.54, 1.807) is 6.20 Å². The average Bonchev–Trinajstić information content (AvgIpc) is 3.34. The van der Waals surface area contributed by atoms with Crippen LogP contribution in [0.3, 0.4) is 0 Å². The minimum absolute atomic E-state index is 0.137. The Hall–Kier alpha value is -2.80. The van der Waals surface area contributed by atoms with Gasteiger partial charge in [-0.15, -0.1) is 11.3 Å². The molecule has 1 aliphatic heterocycles. The van der Waals surface area contributed by atoms with Gasteiger partial charge in [0.25, 0.3) is 0 Å². The molecular formula is C25H32N6OSSi. The van der Waals surface area contributed by atoms with Gasteiger partial charge < -0.3 is 15.1 Å². The molecule has 0 fully saturated rings. The van der Waals surface area contributed by atoms with Crippen molar-refractivity contribution in [2.75, 3.05) is 23.8 Å². The molecule has 1 atom stereocenters. The average molecular weight is 493 g/mol. The van der Waals surface area contributed by atoms with Crippen molar-refractivity contribution in [2.45, 2.75) is 58.2 Å². The number of nitriles is 1.